The van der Waals surface area contributed by atoms with Crippen LogP contribution in [0.15, 0.2) is 24.3 Å². The molecule has 1 heterocycles. The summed E-state index contributed by atoms with van der Waals surface area (Å²) in [5.41, 5.74) is 7.17. The van der Waals surface area contributed by atoms with E-state index in [2.05, 4.69) is 5.32 Å². The first-order valence-electron chi connectivity index (χ1n) is 5.97. The summed E-state index contributed by atoms with van der Waals surface area (Å²) >= 11 is 0. The van der Waals surface area contributed by atoms with Crippen molar-refractivity contribution in [3.05, 3.63) is 35.6 Å². The second-order valence-electron chi connectivity index (χ2n) is 4.59. The molecule has 2 nitrogen and oxygen atoms in total. The van der Waals surface area contributed by atoms with Crippen molar-refractivity contribution < 1.29 is 4.39 Å². The molecular weight excluding hydrogens is 203 g/mol. The van der Waals surface area contributed by atoms with E-state index < -0.39 is 0 Å². The maximum Gasteiger partial charge on any atom is 0.123 e. The Morgan fingerprint density at radius 1 is 1.25 bits per heavy atom. The topological polar surface area (TPSA) is 38.0 Å². The Bertz CT molecular complexity index is 317. The lowest BCUT2D eigenvalue weighted by Gasteiger charge is -2.25. The molecular formula is C13H19FN2. The predicted octanol–water partition coefficient (Wildman–Crippen LogP) is 2.22. The minimum atomic E-state index is -0.196. The van der Waals surface area contributed by atoms with Gasteiger partial charge in [0.05, 0.1) is 0 Å². The molecule has 2 rings (SSSR count). The summed E-state index contributed by atoms with van der Waals surface area (Å²) in [5, 5.41) is 3.34. The Balaban J connectivity index is 1.91. The normalized spacial score (nSPS) is 19.6. The number of benzene rings is 1. The average molecular weight is 222 g/mol. The van der Waals surface area contributed by atoms with Crippen LogP contribution in [0.2, 0.25) is 0 Å². The lowest BCUT2D eigenvalue weighted by Crippen LogP contribution is -2.29. The zero-order valence-corrected chi connectivity index (χ0v) is 9.45. The van der Waals surface area contributed by atoms with Crippen LogP contribution in [0.5, 0.6) is 0 Å². The van der Waals surface area contributed by atoms with Crippen LogP contribution in [-0.2, 0) is 0 Å². The second-order valence-corrected chi connectivity index (χ2v) is 4.59. The predicted molar refractivity (Wildman–Crippen MR) is 63.5 cm³/mol. The molecule has 1 aliphatic heterocycles. The number of rotatable bonds is 3. The molecule has 0 bridgehead atoms. The summed E-state index contributed by atoms with van der Waals surface area (Å²) in [6.45, 7) is 2.20. The van der Waals surface area contributed by atoms with Crippen molar-refractivity contribution in [1.29, 1.82) is 0 Å². The number of halogens is 1. The first kappa shape index (κ1) is 11.6. The number of nitrogens with one attached hydrogen (secondary N) is 1. The maximum absolute atomic E-state index is 12.8. The molecule has 3 N–H and O–H groups in total. The van der Waals surface area contributed by atoms with Crippen molar-refractivity contribution in [2.45, 2.75) is 25.3 Å². The Kier molecular flexibility index (Phi) is 3.91. The summed E-state index contributed by atoms with van der Waals surface area (Å²) < 4.78 is 12.8. The molecule has 0 aromatic heterocycles. The highest BCUT2D eigenvalue weighted by atomic mass is 19.1. The van der Waals surface area contributed by atoms with Gasteiger partial charge in [-0.15, -0.1) is 0 Å². The molecule has 1 saturated heterocycles. The van der Waals surface area contributed by atoms with E-state index in [1.807, 2.05) is 0 Å². The minimum Gasteiger partial charge on any atom is -0.324 e. The first-order valence-corrected chi connectivity index (χ1v) is 5.97. The fourth-order valence-electron chi connectivity index (χ4n) is 2.32. The fourth-order valence-corrected chi connectivity index (χ4v) is 2.32. The summed E-state index contributed by atoms with van der Waals surface area (Å²) in [6.07, 6.45) is 3.41. The summed E-state index contributed by atoms with van der Waals surface area (Å²) in [4.78, 5) is 0. The van der Waals surface area contributed by atoms with E-state index in [9.17, 15) is 4.39 Å². The van der Waals surface area contributed by atoms with E-state index in [0.29, 0.717) is 5.92 Å². The number of hydrogen-bond donors (Lipinski definition) is 2. The second kappa shape index (κ2) is 5.41. The minimum absolute atomic E-state index is 0.0451. The molecule has 0 amide bonds. The Hall–Kier alpha value is -0.930. The van der Waals surface area contributed by atoms with Gasteiger partial charge in [-0.2, -0.15) is 0 Å². The Morgan fingerprint density at radius 2 is 1.88 bits per heavy atom. The van der Waals surface area contributed by atoms with Crippen LogP contribution in [0, 0.1) is 11.7 Å². The van der Waals surface area contributed by atoms with Crippen molar-refractivity contribution in [3.8, 4) is 0 Å². The Labute approximate surface area is 96.0 Å². The van der Waals surface area contributed by atoms with Crippen LogP contribution in [0.1, 0.15) is 30.9 Å². The molecule has 1 aliphatic rings. The smallest absolute Gasteiger partial charge is 0.123 e. The zero-order valence-electron chi connectivity index (χ0n) is 9.45. The van der Waals surface area contributed by atoms with Crippen molar-refractivity contribution >= 4 is 0 Å². The highest BCUT2D eigenvalue weighted by molar-refractivity contribution is 5.19. The van der Waals surface area contributed by atoms with Gasteiger partial charge >= 0.3 is 0 Å². The highest BCUT2D eigenvalue weighted by Crippen LogP contribution is 2.24. The van der Waals surface area contributed by atoms with E-state index in [4.69, 9.17) is 5.73 Å². The molecule has 1 aromatic carbocycles. The quantitative estimate of drug-likeness (QED) is 0.823. The number of hydrogen-bond acceptors (Lipinski definition) is 2. The van der Waals surface area contributed by atoms with Gasteiger partial charge in [-0.1, -0.05) is 12.1 Å². The van der Waals surface area contributed by atoms with Crippen LogP contribution in [-0.4, -0.2) is 13.1 Å². The molecule has 0 aliphatic carbocycles. The summed E-state index contributed by atoms with van der Waals surface area (Å²) in [6, 6.07) is 6.60. The SMILES string of the molecule is NC(CC1CCNCC1)c1ccc(F)cc1. The van der Waals surface area contributed by atoms with Crippen LogP contribution in [0.4, 0.5) is 4.39 Å². The van der Waals surface area contributed by atoms with Crippen molar-refractivity contribution in [2.75, 3.05) is 13.1 Å². The standard InChI is InChI=1S/C13H19FN2/c14-12-3-1-11(2-4-12)13(15)9-10-5-7-16-8-6-10/h1-4,10,13,16H,5-9,15H2. The van der Waals surface area contributed by atoms with E-state index >= 15 is 0 Å². The van der Waals surface area contributed by atoms with E-state index in [1.54, 1.807) is 12.1 Å². The number of piperidine rings is 1. The molecule has 3 heteroatoms. The molecule has 1 atom stereocenters. The molecule has 1 aromatic rings. The van der Waals surface area contributed by atoms with Crippen molar-refractivity contribution in [1.82, 2.24) is 5.32 Å². The van der Waals surface area contributed by atoms with Gasteiger partial charge in [-0.05, 0) is 56.0 Å². The summed E-state index contributed by atoms with van der Waals surface area (Å²) in [7, 11) is 0. The van der Waals surface area contributed by atoms with Gasteiger partial charge in [0.15, 0.2) is 0 Å². The van der Waals surface area contributed by atoms with Gasteiger partial charge in [0.25, 0.3) is 0 Å². The third-order valence-electron chi connectivity index (χ3n) is 3.34. The van der Waals surface area contributed by atoms with E-state index in [1.165, 1.54) is 25.0 Å². The molecule has 0 saturated carbocycles. The van der Waals surface area contributed by atoms with Crippen LogP contribution >= 0.6 is 0 Å². The summed E-state index contributed by atoms with van der Waals surface area (Å²) in [5.74, 6) is 0.513. The molecule has 1 fully saturated rings. The van der Waals surface area contributed by atoms with Gasteiger partial charge in [-0.25, -0.2) is 4.39 Å². The van der Waals surface area contributed by atoms with Crippen molar-refractivity contribution in [2.24, 2.45) is 11.7 Å². The average Bonchev–Trinajstić information content (AvgIpc) is 2.31. The van der Waals surface area contributed by atoms with Gasteiger partial charge < -0.3 is 11.1 Å². The molecule has 0 spiro atoms. The van der Waals surface area contributed by atoms with Gasteiger partial charge in [-0.3, -0.25) is 0 Å². The largest absolute Gasteiger partial charge is 0.324 e. The molecule has 16 heavy (non-hydrogen) atoms. The fraction of sp³-hybridized carbons (Fsp3) is 0.538. The first-order chi connectivity index (χ1) is 7.75. The molecule has 0 radical (unpaired) electrons. The van der Waals surface area contributed by atoms with Crippen LogP contribution in [0.25, 0.3) is 0 Å². The lowest BCUT2D eigenvalue weighted by atomic mass is 9.89. The molecule has 1 unspecified atom stereocenters. The van der Waals surface area contributed by atoms with E-state index in [0.717, 1.165) is 25.1 Å². The van der Waals surface area contributed by atoms with Crippen molar-refractivity contribution in [3.63, 3.8) is 0 Å². The Morgan fingerprint density at radius 3 is 2.50 bits per heavy atom. The number of nitrogens with two attached hydrogens (primary N) is 1. The maximum atomic E-state index is 12.8. The van der Waals surface area contributed by atoms with Gasteiger partial charge in [0.2, 0.25) is 0 Å². The van der Waals surface area contributed by atoms with Gasteiger partial charge in [0, 0.05) is 6.04 Å². The zero-order chi connectivity index (χ0) is 11.4. The third-order valence-corrected chi connectivity index (χ3v) is 3.34. The van der Waals surface area contributed by atoms with Crippen LogP contribution in [0.3, 0.4) is 0 Å². The third kappa shape index (κ3) is 3.03. The highest BCUT2D eigenvalue weighted by Gasteiger charge is 2.17. The molecule has 88 valence electrons. The monoisotopic (exact) mass is 222 g/mol. The van der Waals surface area contributed by atoms with Crippen LogP contribution < -0.4 is 11.1 Å². The van der Waals surface area contributed by atoms with E-state index in [-0.39, 0.29) is 11.9 Å². The van der Waals surface area contributed by atoms with Gasteiger partial charge in [0.1, 0.15) is 5.82 Å². The lowest BCUT2D eigenvalue weighted by molar-refractivity contribution is 0.333.